The van der Waals surface area contributed by atoms with Crippen LogP contribution in [0.3, 0.4) is 0 Å². The highest BCUT2D eigenvalue weighted by molar-refractivity contribution is 7.89. The van der Waals surface area contributed by atoms with Gasteiger partial charge in [0, 0.05) is 25.4 Å². The highest BCUT2D eigenvalue weighted by Gasteiger charge is 2.28. The van der Waals surface area contributed by atoms with Gasteiger partial charge in [-0.15, -0.1) is 0 Å². The maximum Gasteiger partial charge on any atom is 0.406 e. The molecule has 0 atom stereocenters. The first kappa shape index (κ1) is 17.9. The van der Waals surface area contributed by atoms with Crippen LogP contribution >= 0.6 is 0 Å². The van der Waals surface area contributed by atoms with Gasteiger partial charge in [0.2, 0.25) is 10.0 Å². The molecule has 1 aliphatic rings. The number of nitrogens with zero attached hydrogens (tertiary/aromatic N) is 2. The van der Waals surface area contributed by atoms with Gasteiger partial charge in [0.05, 0.1) is 18.1 Å². The summed E-state index contributed by atoms with van der Waals surface area (Å²) in [5.74, 6) is 0.169. The van der Waals surface area contributed by atoms with Gasteiger partial charge in [-0.1, -0.05) is 6.07 Å². The van der Waals surface area contributed by atoms with Gasteiger partial charge in [0.1, 0.15) is 12.4 Å². The van der Waals surface area contributed by atoms with Crippen molar-refractivity contribution in [3.8, 4) is 0 Å². The number of hydrogen-bond donors (Lipinski definition) is 1. The standard InChI is InChI=1S/C15H16F3N3O3S/c16-15(17,18)10-21-6-5-19-14(21)3-4-20-25(22,23)13-2-1-11-8-24-9-12(11)7-13/h1-2,5-7,20H,3-4,8-10H2. The van der Waals surface area contributed by atoms with E-state index in [9.17, 15) is 21.6 Å². The Hall–Kier alpha value is -1.91. The molecule has 1 aromatic carbocycles. The van der Waals surface area contributed by atoms with Crippen molar-refractivity contribution in [3.63, 3.8) is 0 Å². The summed E-state index contributed by atoms with van der Waals surface area (Å²) in [4.78, 5) is 3.96. The molecule has 136 valence electrons. The minimum Gasteiger partial charge on any atom is -0.372 e. The summed E-state index contributed by atoms with van der Waals surface area (Å²) in [5.41, 5.74) is 1.77. The molecule has 2 aromatic rings. The smallest absolute Gasteiger partial charge is 0.372 e. The summed E-state index contributed by atoms with van der Waals surface area (Å²) in [7, 11) is -3.75. The molecule has 10 heteroatoms. The Kier molecular flexibility index (Phi) is 4.85. The lowest BCUT2D eigenvalue weighted by Crippen LogP contribution is -2.27. The summed E-state index contributed by atoms with van der Waals surface area (Å²) in [5, 5.41) is 0. The van der Waals surface area contributed by atoms with Gasteiger partial charge in [0.15, 0.2) is 0 Å². The van der Waals surface area contributed by atoms with Gasteiger partial charge >= 0.3 is 6.18 Å². The fourth-order valence-corrected chi connectivity index (χ4v) is 3.68. The van der Waals surface area contributed by atoms with Gasteiger partial charge in [-0.05, 0) is 23.3 Å². The lowest BCUT2D eigenvalue weighted by atomic mass is 10.1. The molecule has 0 amide bonds. The van der Waals surface area contributed by atoms with Crippen molar-refractivity contribution in [2.24, 2.45) is 0 Å². The van der Waals surface area contributed by atoms with E-state index >= 15 is 0 Å². The van der Waals surface area contributed by atoms with Crippen molar-refractivity contribution in [3.05, 3.63) is 47.5 Å². The van der Waals surface area contributed by atoms with Crippen LogP contribution in [0.4, 0.5) is 13.2 Å². The predicted octanol–water partition coefficient (Wildman–Crippen LogP) is 2.00. The van der Waals surface area contributed by atoms with Gasteiger partial charge in [-0.2, -0.15) is 13.2 Å². The number of aromatic nitrogens is 2. The third kappa shape index (κ3) is 4.39. The number of imidazole rings is 1. The van der Waals surface area contributed by atoms with Crippen LogP contribution in [0.25, 0.3) is 0 Å². The first-order chi connectivity index (χ1) is 11.7. The summed E-state index contributed by atoms with van der Waals surface area (Å²) < 4.78 is 70.6. The lowest BCUT2D eigenvalue weighted by Gasteiger charge is -2.11. The second kappa shape index (κ2) is 6.77. The van der Waals surface area contributed by atoms with E-state index < -0.39 is 22.7 Å². The van der Waals surface area contributed by atoms with Gasteiger partial charge in [0.25, 0.3) is 0 Å². The summed E-state index contributed by atoms with van der Waals surface area (Å²) in [6.45, 7) is -0.372. The zero-order valence-electron chi connectivity index (χ0n) is 13.1. The van der Waals surface area contributed by atoms with Crippen LogP contribution in [-0.4, -0.2) is 30.7 Å². The number of fused-ring (bicyclic) bond motifs is 1. The molecule has 0 spiro atoms. The molecule has 0 saturated heterocycles. The van der Waals surface area contributed by atoms with Crippen LogP contribution < -0.4 is 4.72 Å². The third-order valence-corrected chi connectivity index (χ3v) is 5.25. The molecule has 0 saturated carbocycles. The Morgan fingerprint density at radius 1 is 1.24 bits per heavy atom. The zero-order chi connectivity index (χ0) is 18.1. The molecule has 1 aliphatic heterocycles. The Morgan fingerprint density at radius 3 is 2.76 bits per heavy atom. The largest absolute Gasteiger partial charge is 0.406 e. The van der Waals surface area contributed by atoms with Crippen molar-refractivity contribution in [1.29, 1.82) is 0 Å². The molecule has 3 rings (SSSR count). The van der Waals surface area contributed by atoms with Crippen molar-refractivity contribution in [1.82, 2.24) is 14.3 Å². The summed E-state index contributed by atoms with van der Waals surface area (Å²) in [6.07, 6.45) is -1.83. The molecular weight excluding hydrogens is 359 g/mol. The Labute approximate surface area is 142 Å². The van der Waals surface area contributed by atoms with Crippen molar-refractivity contribution >= 4 is 10.0 Å². The minimum absolute atomic E-state index is 0.0508. The Balaban J connectivity index is 1.63. The number of nitrogens with one attached hydrogen (secondary N) is 1. The predicted molar refractivity (Wildman–Crippen MR) is 82.1 cm³/mol. The number of hydrogen-bond acceptors (Lipinski definition) is 4. The van der Waals surface area contributed by atoms with E-state index in [1.54, 1.807) is 12.1 Å². The SMILES string of the molecule is O=S(=O)(NCCc1nccn1CC(F)(F)F)c1ccc2c(c1)COC2. The Bertz CT molecular complexity index is 862. The number of sulfonamides is 1. The molecular formula is C15H16F3N3O3S. The number of rotatable bonds is 6. The molecule has 0 aliphatic carbocycles. The van der Waals surface area contributed by atoms with E-state index in [2.05, 4.69) is 9.71 Å². The van der Waals surface area contributed by atoms with E-state index in [4.69, 9.17) is 4.74 Å². The average Bonchev–Trinajstić information content (AvgIpc) is 3.14. The molecule has 6 nitrogen and oxygen atoms in total. The van der Waals surface area contributed by atoms with Crippen LogP contribution in [0.5, 0.6) is 0 Å². The first-order valence-corrected chi connectivity index (χ1v) is 8.99. The maximum atomic E-state index is 12.5. The number of ether oxygens (including phenoxy) is 1. The van der Waals surface area contributed by atoms with E-state index in [-0.39, 0.29) is 23.7 Å². The van der Waals surface area contributed by atoms with Crippen molar-refractivity contribution in [2.45, 2.75) is 37.3 Å². The van der Waals surface area contributed by atoms with E-state index in [0.717, 1.165) is 15.7 Å². The van der Waals surface area contributed by atoms with Gasteiger partial charge < -0.3 is 9.30 Å². The third-order valence-electron chi connectivity index (χ3n) is 3.80. The van der Waals surface area contributed by atoms with Crippen LogP contribution in [-0.2, 0) is 40.9 Å². The second-order valence-corrected chi connectivity index (χ2v) is 7.42. The quantitative estimate of drug-likeness (QED) is 0.838. The van der Waals surface area contributed by atoms with Crippen molar-refractivity contribution < 1.29 is 26.3 Å². The molecule has 1 aromatic heterocycles. The Morgan fingerprint density at radius 2 is 2.00 bits per heavy atom. The first-order valence-electron chi connectivity index (χ1n) is 7.50. The second-order valence-electron chi connectivity index (χ2n) is 5.66. The van der Waals surface area contributed by atoms with Crippen LogP contribution in [0.1, 0.15) is 17.0 Å². The summed E-state index contributed by atoms with van der Waals surface area (Å²) in [6, 6.07) is 4.74. The topological polar surface area (TPSA) is 73.2 Å². The van der Waals surface area contributed by atoms with E-state index in [1.165, 1.54) is 18.5 Å². The molecule has 0 radical (unpaired) electrons. The van der Waals surface area contributed by atoms with Crippen molar-refractivity contribution in [2.75, 3.05) is 6.54 Å². The summed E-state index contributed by atoms with van der Waals surface area (Å²) >= 11 is 0. The maximum absolute atomic E-state index is 12.5. The molecule has 0 bridgehead atoms. The normalized spacial score (nSPS) is 14.7. The average molecular weight is 375 g/mol. The van der Waals surface area contributed by atoms with Crippen LogP contribution in [0.15, 0.2) is 35.5 Å². The molecule has 0 unspecified atom stereocenters. The molecule has 1 N–H and O–H groups in total. The minimum atomic E-state index is -4.36. The highest BCUT2D eigenvalue weighted by Crippen LogP contribution is 2.23. The van der Waals surface area contributed by atoms with Crippen LogP contribution in [0, 0.1) is 0 Å². The fraction of sp³-hybridized carbons (Fsp3) is 0.400. The van der Waals surface area contributed by atoms with Gasteiger partial charge in [-0.3, -0.25) is 0 Å². The fourth-order valence-electron chi connectivity index (χ4n) is 2.60. The van der Waals surface area contributed by atoms with E-state index in [0.29, 0.717) is 13.2 Å². The number of halogens is 3. The van der Waals surface area contributed by atoms with Gasteiger partial charge in [-0.25, -0.2) is 18.1 Å². The highest BCUT2D eigenvalue weighted by atomic mass is 32.2. The lowest BCUT2D eigenvalue weighted by molar-refractivity contribution is -0.141. The zero-order valence-corrected chi connectivity index (χ0v) is 13.9. The van der Waals surface area contributed by atoms with Crippen LogP contribution in [0.2, 0.25) is 0 Å². The van der Waals surface area contributed by atoms with E-state index in [1.807, 2.05) is 0 Å². The number of benzene rings is 1. The number of alkyl halides is 3. The molecule has 0 fully saturated rings. The monoisotopic (exact) mass is 375 g/mol. The molecule has 25 heavy (non-hydrogen) atoms. The molecule has 2 heterocycles.